The Bertz CT molecular complexity index is 1130. The lowest BCUT2D eigenvalue weighted by Crippen LogP contribution is -2.43. The summed E-state index contributed by atoms with van der Waals surface area (Å²) in [6, 6.07) is 9.11. The summed E-state index contributed by atoms with van der Waals surface area (Å²) < 4.78 is 28.8. The second-order valence-corrected chi connectivity index (χ2v) is 7.92. The Morgan fingerprint density at radius 2 is 2.03 bits per heavy atom. The van der Waals surface area contributed by atoms with Crippen LogP contribution in [0.15, 0.2) is 41.3 Å². The monoisotopic (exact) mass is 428 g/mol. The van der Waals surface area contributed by atoms with Gasteiger partial charge < -0.3 is 15.6 Å². The zero-order valence-corrected chi connectivity index (χ0v) is 17.4. The number of likely N-dealkylation sites (tertiary alicyclic amines) is 1. The molecule has 2 aromatic heterocycles. The molecule has 3 heterocycles. The third kappa shape index (κ3) is 4.82. The van der Waals surface area contributed by atoms with Gasteiger partial charge in [-0.25, -0.2) is 13.8 Å². The maximum Gasteiger partial charge on any atom is 0.260 e. The molecule has 1 aliphatic rings. The average molecular weight is 428 g/mol. The van der Waals surface area contributed by atoms with Crippen molar-refractivity contribution < 1.29 is 8.78 Å². The van der Waals surface area contributed by atoms with Crippen LogP contribution in [0.25, 0.3) is 11.0 Å². The van der Waals surface area contributed by atoms with Crippen LogP contribution in [0.1, 0.15) is 25.3 Å². The number of piperidine rings is 1. The molecular formula is C22H26F2N6O. The van der Waals surface area contributed by atoms with Crippen LogP contribution in [0.2, 0.25) is 0 Å². The number of halogens is 2. The SMILES string of the molecule is CCn1c(N)cc(=O)c2cnc(Nc3ccc(CCN4CCCC(F)(F)C4)cc3)nc21. The van der Waals surface area contributed by atoms with Crippen LogP contribution in [0.3, 0.4) is 0 Å². The number of anilines is 3. The van der Waals surface area contributed by atoms with Gasteiger partial charge in [0.25, 0.3) is 5.92 Å². The molecule has 0 radical (unpaired) electrons. The highest BCUT2D eigenvalue weighted by molar-refractivity contribution is 5.77. The first-order valence-electron chi connectivity index (χ1n) is 10.5. The van der Waals surface area contributed by atoms with Gasteiger partial charge in [-0.2, -0.15) is 4.98 Å². The second-order valence-electron chi connectivity index (χ2n) is 7.92. The first-order chi connectivity index (χ1) is 14.8. The van der Waals surface area contributed by atoms with E-state index in [4.69, 9.17) is 5.73 Å². The number of fused-ring (bicyclic) bond motifs is 1. The summed E-state index contributed by atoms with van der Waals surface area (Å²) in [6.07, 6.45) is 2.74. The van der Waals surface area contributed by atoms with Crippen LogP contribution in [0.4, 0.5) is 26.2 Å². The molecule has 0 atom stereocenters. The van der Waals surface area contributed by atoms with Gasteiger partial charge in [0.05, 0.1) is 11.9 Å². The minimum absolute atomic E-state index is 0.0122. The van der Waals surface area contributed by atoms with E-state index in [1.54, 1.807) is 4.57 Å². The highest BCUT2D eigenvalue weighted by Crippen LogP contribution is 2.26. The maximum absolute atomic E-state index is 13.5. The molecule has 3 aromatic rings. The predicted octanol–water partition coefficient (Wildman–Crippen LogP) is 3.41. The highest BCUT2D eigenvalue weighted by Gasteiger charge is 2.34. The first-order valence-corrected chi connectivity index (χ1v) is 10.5. The van der Waals surface area contributed by atoms with Gasteiger partial charge in [0.2, 0.25) is 5.95 Å². The summed E-state index contributed by atoms with van der Waals surface area (Å²) in [4.78, 5) is 22.7. The van der Waals surface area contributed by atoms with Gasteiger partial charge in [-0.05, 0) is 44.0 Å². The lowest BCUT2D eigenvalue weighted by Gasteiger charge is -2.32. The van der Waals surface area contributed by atoms with Gasteiger partial charge in [0, 0.05) is 37.5 Å². The summed E-state index contributed by atoms with van der Waals surface area (Å²) in [5.74, 6) is -1.84. The molecule has 3 N–H and O–H groups in total. The number of hydrogen-bond donors (Lipinski definition) is 2. The van der Waals surface area contributed by atoms with Gasteiger partial charge in [0.15, 0.2) is 11.1 Å². The number of nitrogens with two attached hydrogens (primary N) is 1. The van der Waals surface area contributed by atoms with E-state index in [-0.39, 0.29) is 18.4 Å². The summed E-state index contributed by atoms with van der Waals surface area (Å²) in [6.45, 7) is 3.70. The standard InChI is InChI=1S/C22H26F2N6O/c1-2-30-19(25)12-18(31)17-13-26-21(28-20(17)30)27-16-6-4-15(5-7-16)8-11-29-10-3-9-22(23,24)14-29/h4-7,12-13H,2-3,8-11,14,25H2,1H3,(H,26,27,28). The summed E-state index contributed by atoms with van der Waals surface area (Å²) in [5, 5.41) is 3.56. The predicted molar refractivity (Wildman–Crippen MR) is 118 cm³/mol. The molecule has 1 fully saturated rings. The maximum atomic E-state index is 13.5. The number of rotatable bonds is 6. The topological polar surface area (TPSA) is 89.1 Å². The zero-order chi connectivity index (χ0) is 22.0. The molecular weight excluding hydrogens is 402 g/mol. The van der Waals surface area contributed by atoms with E-state index in [1.165, 1.54) is 12.3 Å². The molecule has 1 saturated heterocycles. The van der Waals surface area contributed by atoms with Crippen molar-refractivity contribution in [1.29, 1.82) is 0 Å². The fraction of sp³-hybridized carbons (Fsp3) is 0.409. The Hall–Kier alpha value is -3.07. The lowest BCUT2D eigenvalue weighted by molar-refractivity contribution is -0.0635. The Labute approximate surface area is 178 Å². The molecule has 0 aliphatic carbocycles. The molecule has 7 nitrogen and oxygen atoms in total. The molecule has 0 spiro atoms. The number of pyridine rings is 1. The largest absolute Gasteiger partial charge is 0.385 e. The Morgan fingerprint density at radius 1 is 1.26 bits per heavy atom. The van der Waals surface area contributed by atoms with E-state index in [1.807, 2.05) is 36.1 Å². The number of benzene rings is 1. The lowest BCUT2D eigenvalue weighted by atomic mass is 10.1. The minimum atomic E-state index is -2.57. The van der Waals surface area contributed by atoms with Crippen molar-refractivity contribution in [3.8, 4) is 0 Å². The van der Waals surface area contributed by atoms with Crippen LogP contribution >= 0.6 is 0 Å². The summed E-state index contributed by atoms with van der Waals surface area (Å²) in [7, 11) is 0. The third-order valence-electron chi connectivity index (χ3n) is 5.60. The average Bonchev–Trinajstić information content (AvgIpc) is 2.73. The number of aryl methyl sites for hydroxylation is 1. The van der Waals surface area contributed by atoms with Crippen molar-refractivity contribution in [2.75, 3.05) is 30.7 Å². The quantitative estimate of drug-likeness (QED) is 0.626. The van der Waals surface area contributed by atoms with Crippen molar-refractivity contribution >= 4 is 28.5 Å². The number of nitrogens with one attached hydrogen (secondary N) is 1. The highest BCUT2D eigenvalue weighted by atomic mass is 19.3. The van der Waals surface area contributed by atoms with Crippen molar-refractivity contribution in [1.82, 2.24) is 19.4 Å². The van der Waals surface area contributed by atoms with Crippen LogP contribution in [0, 0.1) is 0 Å². The number of nitrogens with zero attached hydrogens (tertiary/aromatic N) is 4. The van der Waals surface area contributed by atoms with E-state index >= 15 is 0 Å². The van der Waals surface area contributed by atoms with Crippen LogP contribution < -0.4 is 16.5 Å². The molecule has 0 bridgehead atoms. The van der Waals surface area contributed by atoms with Gasteiger partial charge in [-0.3, -0.25) is 9.69 Å². The minimum Gasteiger partial charge on any atom is -0.385 e. The molecule has 9 heteroatoms. The number of nitrogen functional groups attached to an aromatic ring is 1. The normalized spacial score (nSPS) is 16.5. The molecule has 0 amide bonds. The first kappa shape index (κ1) is 21.2. The Balaban J connectivity index is 1.44. The van der Waals surface area contributed by atoms with Gasteiger partial charge in [-0.1, -0.05) is 12.1 Å². The van der Waals surface area contributed by atoms with E-state index in [0.29, 0.717) is 48.7 Å². The van der Waals surface area contributed by atoms with Gasteiger partial charge >= 0.3 is 0 Å². The summed E-state index contributed by atoms with van der Waals surface area (Å²) in [5.41, 5.74) is 8.10. The number of hydrogen-bond acceptors (Lipinski definition) is 6. The van der Waals surface area contributed by atoms with Crippen LogP contribution in [0.5, 0.6) is 0 Å². The Morgan fingerprint density at radius 3 is 2.74 bits per heavy atom. The molecule has 1 aliphatic heterocycles. The van der Waals surface area contributed by atoms with Crippen molar-refractivity contribution in [2.45, 2.75) is 38.7 Å². The van der Waals surface area contributed by atoms with Crippen molar-refractivity contribution in [2.24, 2.45) is 0 Å². The molecule has 164 valence electrons. The van der Waals surface area contributed by atoms with Gasteiger partial charge in [-0.15, -0.1) is 0 Å². The number of aromatic nitrogens is 3. The third-order valence-corrected chi connectivity index (χ3v) is 5.60. The molecule has 31 heavy (non-hydrogen) atoms. The van der Waals surface area contributed by atoms with E-state index < -0.39 is 5.92 Å². The van der Waals surface area contributed by atoms with Crippen LogP contribution in [-0.2, 0) is 13.0 Å². The smallest absolute Gasteiger partial charge is 0.260 e. The van der Waals surface area contributed by atoms with E-state index in [0.717, 1.165) is 17.8 Å². The fourth-order valence-electron chi connectivity index (χ4n) is 3.97. The number of alkyl halides is 2. The second kappa shape index (κ2) is 8.58. The van der Waals surface area contributed by atoms with Crippen molar-refractivity contribution in [3.63, 3.8) is 0 Å². The summed E-state index contributed by atoms with van der Waals surface area (Å²) >= 11 is 0. The molecule has 4 rings (SSSR count). The molecule has 1 aromatic carbocycles. The van der Waals surface area contributed by atoms with E-state index in [9.17, 15) is 13.6 Å². The Kier molecular flexibility index (Phi) is 5.86. The van der Waals surface area contributed by atoms with Crippen LogP contribution in [-0.4, -0.2) is 45.0 Å². The fourth-order valence-corrected chi connectivity index (χ4v) is 3.97. The molecule has 0 saturated carbocycles. The van der Waals surface area contributed by atoms with Gasteiger partial charge in [0.1, 0.15) is 5.82 Å². The van der Waals surface area contributed by atoms with E-state index in [2.05, 4.69) is 15.3 Å². The molecule has 0 unspecified atom stereocenters. The van der Waals surface area contributed by atoms with Crippen molar-refractivity contribution in [3.05, 3.63) is 52.3 Å². The zero-order valence-electron chi connectivity index (χ0n) is 17.4.